The number of carbonyl (C=O) groups excluding carboxylic acids is 1. The van der Waals surface area contributed by atoms with Gasteiger partial charge in [-0.05, 0) is 38.8 Å². The molecule has 0 radical (unpaired) electrons. The summed E-state index contributed by atoms with van der Waals surface area (Å²) in [5.41, 5.74) is 0. The fraction of sp³-hybridized carbons (Fsp3) is 0.971. The molecule has 0 rings (SSSR count). The van der Waals surface area contributed by atoms with E-state index in [9.17, 15) is 4.79 Å². The van der Waals surface area contributed by atoms with Crippen LogP contribution in [0.1, 0.15) is 195 Å². The molecule has 0 fully saturated rings. The summed E-state index contributed by atoms with van der Waals surface area (Å²) in [7, 11) is 0. The van der Waals surface area contributed by atoms with Gasteiger partial charge >= 0.3 is 5.97 Å². The number of hydrogen-bond donors (Lipinski definition) is 0. The molecule has 0 N–H and O–H groups in total. The summed E-state index contributed by atoms with van der Waals surface area (Å²) in [5.74, 6) is 0.0679. The lowest BCUT2D eigenvalue weighted by molar-refractivity contribution is -0.150. The lowest BCUT2D eigenvalue weighted by Gasteiger charge is -2.30. The second-order valence-corrected chi connectivity index (χ2v) is 11.9. The van der Waals surface area contributed by atoms with Crippen LogP contribution in [0.15, 0.2) is 0 Å². The first-order chi connectivity index (χ1) is 18.7. The fourth-order valence-corrected chi connectivity index (χ4v) is 5.51. The van der Waals surface area contributed by atoms with Gasteiger partial charge in [0.1, 0.15) is 6.04 Å². The molecule has 38 heavy (non-hydrogen) atoms. The summed E-state index contributed by atoms with van der Waals surface area (Å²) in [6.45, 7) is 11.8. The van der Waals surface area contributed by atoms with Crippen molar-refractivity contribution in [1.82, 2.24) is 4.90 Å². The zero-order chi connectivity index (χ0) is 27.9. The predicted octanol–water partition coefficient (Wildman–Crippen LogP) is 11.4. The van der Waals surface area contributed by atoms with E-state index in [2.05, 4.69) is 32.6 Å². The van der Waals surface area contributed by atoms with E-state index in [1.165, 1.54) is 148 Å². The summed E-state index contributed by atoms with van der Waals surface area (Å²) in [6.07, 6.45) is 33.3. The van der Waals surface area contributed by atoms with Gasteiger partial charge in [-0.3, -0.25) is 9.69 Å². The van der Waals surface area contributed by atoms with Crippen molar-refractivity contribution in [3.05, 3.63) is 0 Å². The molecule has 1 unspecified atom stereocenters. The minimum absolute atomic E-state index is 0.0309. The van der Waals surface area contributed by atoms with Crippen LogP contribution >= 0.6 is 0 Å². The van der Waals surface area contributed by atoms with Crippen LogP contribution in [0.3, 0.4) is 0 Å². The highest BCUT2D eigenvalue weighted by molar-refractivity contribution is 5.75. The Morgan fingerprint density at radius 2 is 0.816 bits per heavy atom. The molecule has 0 saturated carbocycles. The lowest BCUT2D eigenvalue weighted by Crippen LogP contribution is -2.43. The second-order valence-electron chi connectivity index (χ2n) is 11.9. The molecule has 0 amide bonds. The quantitative estimate of drug-likeness (QED) is 0.0650. The summed E-state index contributed by atoms with van der Waals surface area (Å²) < 4.78 is 5.93. The zero-order valence-electron chi connectivity index (χ0n) is 26.8. The van der Waals surface area contributed by atoms with Crippen molar-refractivity contribution >= 4 is 5.97 Å². The van der Waals surface area contributed by atoms with Crippen molar-refractivity contribution in [2.75, 3.05) is 19.7 Å². The molecule has 3 heteroatoms. The Balaban J connectivity index is 4.81. The molecule has 0 bridgehead atoms. The van der Waals surface area contributed by atoms with E-state index in [0.29, 0.717) is 6.61 Å². The highest BCUT2D eigenvalue weighted by Gasteiger charge is 2.26. The molecule has 0 spiro atoms. The summed E-state index contributed by atoms with van der Waals surface area (Å²) in [4.78, 5) is 15.9. The Hall–Kier alpha value is -0.570. The Labute approximate surface area is 240 Å². The minimum Gasteiger partial charge on any atom is -0.465 e. The van der Waals surface area contributed by atoms with Gasteiger partial charge in [-0.25, -0.2) is 0 Å². The number of hydrogen-bond acceptors (Lipinski definition) is 3. The van der Waals surface area contributed by atoms with E-state index in [1.807, 2.05) is 0 Å². The third-order valence-electron chi connectivity index (χ3n) is 8.13. The van der Waals surface area contributed by atoms with Crippen molar-refractivity contribution in [2.24, 2.45) is 0 Å². The Bertz CT molecular complexity index is 449. The van der Waals surface area contributed by atoms with E-state index in [4.69, 9.17) is 4.74 Å². The summed E-state index contributed by atoms with van der Waals surface area (Å²) >= 11 is 0. The topological polar surface area (TPSA) is 29.5 Å². The molecular weight excluding hydrogens is 466 g/mol. The molecule has 3 nitrogen and oxygen atoms in total. The summed E-state index contributed by atoms with van der Waals surface area (Å²) in [6, 6.07) is -0.0309. The monoisotopic (exact) mass is 538 g/mol. The lowest BCUT2D eigenvalue weighted by atomic mass is 10.0. The van der Waals surface area contributed by atoms with E-state index in [0.717, 1.165) is 32.4 Å². The smallest absolute Gasteiger partial charge is 0.323 e. The number of nitrogens with zero attached hydrogens (tertiary/aromatic N) is 1. The first kappa shape index (κ1) is 37.4. The van der Waals surface area contributed by atoms with Crippen LogP contribution in [0, 0.1) is 0 Å². The van der Waals surface area contributed by atoms with Crippen LogP contribution in [0.25, 0.3) is 0 Å². The first-order valence-electron chi connectivity index (χ1n) is 17.6. The highest BCUT2D eigenvalue weighted by atomic mass is 16.5. The Kier molecular flexibility index (Phi) is 30.5. The van der Waals surface area contributed by atoms with Gasteiger partial charge in [-0.2, -0.15) is 0 Å². The molecule has 0 aromatic heterocycles. The van der Waals surface area contributed by atoms with Crippen molar-refractivity contribution in [3.63, 3.8) is 0 Å². The number of rotatable bonds is 31. The van der Waals surface area contributed by atoms with E-state index in [1.54, 1.807) is 0 Å². The van der Waals surface area contributed by atoms with Crippen LogP contribution in [0.2, 0.25) is 0 Å². The van der Waals surface area contributed by atoms with Crippen LogP contribution in [0.4, 0.5) is 0 Å². The Morgan fingerprint density at radius 3 is 1.24 bits per heavy atom. The predicted molar refractivity (Wildman–Crippen MR) is 169 cm³/mol. The van der Waals surface area contributed by atoms with E-state index >= 15 is 0 Å². The van der Waals surface area contributed by atoms with Gasteiger partial charge in [0.25, 0.3) is 0 Å². The SMILES string of the molecule is CCCCCCCCCOC(=O)C(CCCCCC)N(CCCCCCCCC)CCCCCCCCC. The van der Waals surface area contributed by atoms with Crippen molar-refractivity contribution in [2.45, 2.75) is 201 Å². The molecular formula is C35H71NO2. The van der Waals surface area contributed by atoms with Crippen LogP contribution in [0.5, 0.6) is 0 Å². The van der Waals surface area contributed by atoms with Crippen LogP contribution < -0.4 is 0 Å². The number of esters is 1. The average Bonchev–Trinajstić information content (AvgIpc) is 2.92. The second kappa shape index (κ2) is 31.0. The molecule has 0 aromatic rings. The van der Waals surface area contributed by atoms with Gasteiger partial charge in [0, 0.05) is 0 Å². The Morgan fingerprint density at radius 1 is 0.474 bits per heavy atom. The molecule has 228 valence electrons. The van der Waals surface area contributed by atoms with Gasteiger partial charge in [0.05, 0.1) is 6.61 Å². The third kappa shape index (κ3) is 24.5. The molecule has 0 aliphatic heterocycles. The van der Waals surface area contributed by atoms with Crippen molar-refractivity contribution in [3.8, 4) is 0 Å². The van der Waals surface area contributed by atoms with E-state index in [-0.39, 0.29) is 12.0 Å². The van der Waals surface area contributed by atoms with Gasteiger partial charge in [0.15, 0.2) is 0 Å². The van der Waals surface area contributed by atoms with Crippen molar-refractivity contribution in [1.29, 1.82) is 0 Å². The van der Waals surface area contributed by atoms with Gasteiger partial charge in [-0.15, -0.1) is 0 Å². The van der Waals surface area contributed by atoms with Crippen LogP contribution in [-0.2, 0) is 9.53 Å². The van der Waals surface area contributed by atoms with Gasteiger partial charge in [-0.1, -0.05) is 169 Å². The molecule has 0 aromatic carbocycles. The van der Waals surface area contributed by atoms with E-state index < -0.39 is 0 Å². The van der Waals surface area contributed by atoms with Gasteiger partial charge < -0.3 is 4.74 Å². The molecule has 0 saturated heterocycles. The van der Waals surface area contributed by atoms with Crippen LogP contribution in [-0.4, -0.2) is 36.6 Å². The molecule has 1 atom stereocenters. The van der Waals surface area contributed by atoms with Gasteiger partial charge in [0.2, 0.25) is 0 Å². The molecule has 0 heterocycles. The maximum atomic E-state index is 13.4. The molecule has 0 aliphatic carbocycles. The average molecular weight is 538 g/mol. The van der Waals surface area contributed by atoms with Crippen molar-refractivity contribution < 1.29 is 9.53 Å². The zero-order valence-corrected chi connectivity index (χ0v) is 26.8. The maximum Gasteiger partial charge on any atom is 0.323 e. The number of carbonyl (C=O) groups is 1. The first-order valence-corrected chi connectivity index (χ1v) is 17.6. The fourth-order valence-electron chi connectivity index (χ4n) is 5.51. The maximum absolute atomic E-state index is 13.4. The summed E-state index contributed by atoms with van der Waals surface area (Å²) in [5, 5.41) is 0. The number of unbranched alkanes of at least 4 members (excludes halogenated alkanes) is 21. The third-order valence-corrected chi connectivity index (χ3v) is 8.13. The minimum atomic E-state index is -0.0309. The standard InChI is InChI=1S/C35H71NO2/c1-5-9-13-17-20-23-27-31-36(32-28-24-21-18-14-10-6-2)34(30-26-16-12-8-4)35(37)38-33-29-25-22-19-15-11-7-3/h34H,5-33H2,1-4H3. The molecule has 0 aliphatic rings. The largest absolute Gasteiger partial charge is 0.465 e. The number of ether oxygens (including phenoxy) is 1. The normalized spacial score (nSPS) is 12.3. The highest BCUT2D eigenvalue weighted by Crippen LogP contribution is 2.18.